The molecule has 5 heteroatoms. The van der Waals surface area contributed by atoms with Gasteiger partial charge in [0.15, 0.2) is 14.6 Å². The predicted molar refractivity (Wildman–Crippen MR) is 101 cm³/mol. The first-order chi connectivity index (χ1) is 11.8. The lowest BCUT2D eigenvalue weighted by atomic mass is 10.1. The van der Waals surface area contributed by atoms with Crippen molar-refractivity contribution in [1.29, 1.82) is 0 Å². The molecule has 1 amide bonds. The van der Waals surface area contributed by atoms with Gasteiger partial charge in [-0.15, -0.1) is 0 Å². The third-order valence-corrected chi connectivity index (χ3v) is 7.93. The molecule has 0 atom stereocenters. The van der Waals surface area contributed by atoms with Crippen LogP contribution in [0.3, 0.4) is 0 Å². The van der Waals surface area contributed by atoms with E-state index in [-0.39, 0.29) is 5.91 Å². The van der Waals surface area contributed by atoms with Crippen LogP contribution in [0.15, 0.2) is 23.1 Å². The summed E-state index contributed by atoms with van der Waals surface area (Å²) >= 11 is 0. The van der Waals surface area contributed by atoms with E-state index in [0.717, 1.165) is 44.1 Å². The lowest BCUT2D eigenvalue weighted by Crippen LogP contribution is -2.51. The van der Waals surface area contributed by atoms with Gasteiger partial charge in [0, 0.05) is 6.54 Å². The van der Waals surface area contributed by atoms with Gasteiger partial charge in [0.05, 0.1) is 4.90 Å². The number of unbranched alkanes of at least 4 members (excludes halogenated alkanes) is 3. The van der Waals surface area contributed by atoms with Gasteiger partial charge in [0.1, 0.15) is 0 Å². The van der Waals surface area contributed by atoms with Crippen molar-refractivity contribution >= 4 is 15.7 Å². The second-order valence-electron chi connectivity index (χ2n) is 7.29. The maximum Gasteiger partial charge on any atom is 0.241 e. The number of rotatable bonds is 8. The van der Waals surface area contributed by atoms with E-state index in [1.807, 2.05) is 19.1 Å². The summed E-state index contributed by atoms with van der Waals surface area (Å²) in [7, 11) is -3.71. The molecule has 0 aromatic heterocycles. The summed E-state index contributed by atoms with van der Waals surface area (Å²) in [5, 5.41) is 2.92. The van der Waals surface area contributed by atoms with Crippen molar-refractivity contribution in [3.63, 3.8) is 0 Å². The van der Waals surface area contributed by atoms with E-state index in [4.69, 9.17) is 0 Å². The summed E-state index contributed by atoms with van der Waals surface area (Å²) in [5.74, 6) is -0.303. The van der Waals surface area contributed by atoms with Crippen molar-refractivity contribution in [2.45, 2.75) is 81.8 Å². The molecule has 0 radical (unpaired) electrons. The van der Waals surface area contributed by atoms with Crippen molar-refractivity contribution in [2.24, 2.45) is 0 Å². The van der Waals surface area contributed by atoms with Gasteiger partial charge < -0.3 is 5.32 Å². The van der Waals surface area contributed by atoms with Crippen molar-refractivity contribution in [3.8, 4) is 0 Å². The van der Waals surface area contributed by atoms with Crippen LogP contribution < -0.4 is 5.32 Å². The van der Waals surface area contributed by atoms with Crippen LogP contribution in [0.2, 0.25) is 0 Å². The van der Waals surface area contributed by atoms with Gasteiger partial charge >= 0.3 is 0 Å². The van der Waals surface area contributed by atoms with Gasteiger partial charge in [0.25, 0.3) is 0 Å². The quantitative estimate of drug-likeness (QED) is 0.706. The molecule has 0 saturated heterocycles. The summed E-state index contributed by atoms with van der Waals surface area (Å²) < 4.78 is 25.6. The maximum absolute atomic E-state index is 13.4. The van der Waals surface area contributed by atoms with Gasteiger partial charge in [-0.1, -0.05) is 51.2 Å². The fraction of sp³-hybridized carbons (Fsp3) is 0.650. The first-order valence-corrected chi connectivity index (χ1v) is 10.9. The van der Waals surface area contributed by atoms with Crippen molar-refractivity contribution in [2.75, 3.05) is 6.54 Å². The molecular weight excluding hydrogens is 334 g/mol. The highest BCUT2D eigenvalue weighted by Gasteiger charge is 2.53. The minimum Gasteiger partial charge on any atom is -0.355 e. The number of carbonyl (C=O) groups is 1. The lowest BCUT2D eigenvalue weighted by Gasteiger charge is -2.28. The topological polar surface area (TPSA) is 63.2 Å². The lowest BCUT2D eigenvalue weighted by molar-refractivity contribution is -0.123. The van der Waals surface area contributed by atoms with Gasteiger partial charge in [-0.25, -0.2) is 8.42 Å². The molecular formula is C20H31NO3S. The molecule has 1 fully saturated rings. The minimum absolute atomic E-state index is 0.303. The van der Waals surface area contributed by atoms with E-state index in [1.165, 1.54) is 0 Å². The summed E-state index contributed by atoms with van der Waals surface area (Å²) in [6.07, 6.45) is 6.65. The molecule has 0 spiro atoms. The summed E-state index contributed by atoms with van der Waals surface area (Å²) in [6.45, 7) is 6.39. The van der Waals surface area contributed by atoms with E-state index >= 15 is 0 Å². The Labute approximate surface area is 152 Å². The first kappa shape index (κ1) is 20.0. The molecule has 1 aromatic carbocycles. The Hall–Kier alpha value is -1.36. The number of sulfone groups is 1. The van der Waals surface area contributed by atoms with Crippen LogP contribution in [0, 0.1) is 13.8 Å². The van der Waals surface area contributed by atoms with Gasteiger partial charge in [-0.2, -0.15) is 0 Å². The second-order valence-corrected chi connectivity index (χ2v) is 9.52. The number of carbonyl (C=O) groups excluding carboxylic acids is 1. The van der Waals surface area contributed by atoms with Crippen molar-refractivity contribution < 1.29 is 13.2 Å². The van der Waals surface area contributed by atoms with Crippen molar-refractivity contribution in [1.82, 2.24) is 5.32 Å². The molecule has 1 aliphatic carbocycles. The SMILES string of the molecule is CCCCCCNC(=O)C1(S(=O)(=O)c2cc(C)ccc2C)CCCC1. The average molecular weight is 366 g/mol. The predicted octanol–water partition coefficient (Wildman–Crippen LogP) is 4.09. The van der Waals surface area contributed by atoms with Crippen LogP contribution in [0.4, 0.5) is 0 Å². The molecule has 140 valence electrons. The highest BCUT2D eigenvalue weighted by Crippen LogP contribution is 2.41. The number of hydrogen-bond donors (Lipinski definition) is 1. The zero-order valence-corrected chi connectivity index (χ0v) is 16.5. The normalized spacial score (nSPS) is 16.8. The summed E-state index contributed by atoms with van der Waals surface area (Å²) in [4.78, 5) is 13.2. The third kappa shape index (κ3) is 4.08. The molecule has 1 N–H and O–H groups in total. The van der Waals surface area contributed by atoms with Crippen LogP contribution >= 0.6 is 0 Å². The fourth-order valence-corrected chi connectivity index (χ4v) is 6.08. The number of hydrogen-bond acceptors (Lipinski definition) is 3. The Morgan fingerprint density at radius 2 is 1.80 bits per heavy atom. The van der Waals surface area contributed by atoms with Crippen LogP contribution in [-0.2, 0) is 14.6 Å². The largest absolute Gasteiger partial charge is 0.355 e. The molecule has 1 saturated carbocycles. The van der Waals surface area contributed by atoms with E-state index in [0.29, 0.717) is 29.8 Å². The van der Waals surface area contributed by atoms with E-state index in [1.54, 1.807) is 13.0 Å². The number of amides is 1. The van der Waals surface area contributed by atoms with Crippen LogP contribution in [0.1, 0.15) is 69.4 Å². The van der Waals surface area contributed by atoms with Gasteiger partial charge in [-0.05, 0) is 50.3 Å². The highest BCUT2D eigenvalue weighted by molar-refractivity contribution is 7.93. The molecule has 25 heavy (non-hydrogen) atoms. The minimum atomic E-state index is -3.71. The van der Waals surface area contributed by atoms with Crippen LogP contribution in [0.25, 0.3) is 0 Å². The third-order valence-electron chi connectivity index (χ3n) is 5.29. The van der Waals surface area contributed by atoms with Crippen molar-refractivity contribution in [3.05, 3.63) is 29.3 Å². The number of aryl methyl sites for hydroxylation is 2. The molecule has 2 rings (SSSR count). The number of nitrogens with one attached hydrogen (secondary N) is 1. The molecule has 0 heterocycles. The molecule has 0 aliphatic heterocycles. The number of benzene rings is 1. The van der Waals surface area contributed by atoms with Gasteiger partial charge in [-0.3, -0.25) is 4.79 Å². The molecule has 1 aromatic rings. The second kappa shape index (κ2) is 8.35. The zero-order chi connectivity index (χ0) is 18.5. The Bertz CT molecular complexity index is 704. The summed E-state index contributed by atoms with van der Waals surface area (Å²) in [5.41, 5.74) is 1.62. The first-order valence-electron chi connectivity index (χ1n) is 9.45. The fourth-order valence-electron chi connectivity index (χ4n) is 3.69. The van der Waals surface area contributed by atoms with Crippen LogP contribution in [0.5, 0.6) is 0 Å². The monoisotopic (exact) mass is 365 g/mol. The van der Waals surface area contributed by atoms with Crippen LogP contribution in [-0.4, -0.2) is 25.6 Å². The van der Waals surface area contributed by atoms with E-state index < -0.39 is 14.6 Å². The highest BCUT2D eigenvalue weighted by atomic mass is 32.2. The summed E-state index contributed by atoms with van der Waals surface area (Å²) in [6, 6.07) is 5.44. The smallest absolute Gasteiger partial charge is 0.241 e. The standard InChI is InChI=1S/C20H31NO3S/c1-4-5-6-9-14-21-19(22)20(12-7-8-13-20)25(23,24)18-15-16(2)10-11-17(18)3/h10-11,15H,4-9,12-14H2,1-3H3,(H,21,22). The Morgan fingerprint density at radius 1 is 1.12 bits per heavy atom. The van der Waals surface area contributed by atoms with Gasteiger partial charge in [0.2, 0.25) is 5.91 Å². The molecule has 4 nitrogen and oxygen atoms in total. The molecule has 1 aliphatic rings. The maximum atomic E-state index is 13.4. The van der Waals surface area contributed by atoms with E-state index in [2.05, 4.69) is 12.2 Å². The zero-order valence-electron chi connectivity index (χ0n) is 15.7. The molecule has 0 unspecified atom stereocenters. The molecule has 0 bridgehead atoms. The Balaban J connectivity index is 2.26. The Morgan fingerprint density at radius 3 is 2.44 bits per heavy atom. The average Bonchev–Trinajstić information content (AvgIpc) is 3.08. The van der Waals surface area contributed by atoms with E-state index in [9.17, 15) is 13.2 Å². The Kier molecular flexibility index (Phi) is 6.66.